The summed E-state index contributed by atoms with van der Waals surface area (Å²) in [7, 11) is 4.98. The zero-order valence-corrected chi connectivity index (χ0v) is 71.5. The quantitative estimate of drug-likeness (QED) is 0.0188. The van der Waals surface area contributed by atoms with Crippen LogP contribution in [0.2, 0.25) is 0 Å². The number of rotatable bonds is 31. The van der Waals surface area contributed by atoms with Crippen LogP contribution in [0, 0.1) is 50.0 Å². The van der Waals surface area contributed by atoms with Gasteiger partial charge in [-0.3, -0.25) is 76.7 Å². The van der Waals surface area contributed by atoms with Gasteiger partial charge in [0.1, 0.15) is 61.7 Å². The predicted octanol–water partition coefficient (Wildman–Crippen LogP) is 8.99. The summed E-state index contributed by atoms with van der Waals surface area (Å²) in [6, 6.07) is 34.3. The van der Waals surface area contributed by atoms with E-state index in [1.165, 1.54) is 16.7 Å². The van der Waals surface area contributed by atoms with Gasteiger partial charge in [-0.15, -0.1) is 0 Å². The highest BCUT2D eigenvalue weighted by Crippen LogP contribution is 2.41. The first-order valence-electron chi connectivity index (χ1n) is 42.8. The molecule has 4 aliphatic heterocycles. The normalized spacial score (nSPS) is 18.1. The predicted molar refractivity (Wildman–Crippen MR) is 470 cm³/mol. The summed E-state index contributed by atoms with van der Waals surface area (Å²) in [5.41, 5.74) is 25.5. The molecule has 8 fully saturated rings. The fourth-order valence-corrected chi connectivity index (χ4v) is 16.7. The molecular formula is C91H110N24O11. The van der Waals surface area contributed by atoms with Gasteiger partial charge in [-0.2, -0.15) is 20.4 Å². The second-order valence-corrected chi connectivity index (χ2v) is 34.1. The summed E-state index contributed by atoms with van der Waals surface area (Å²) < 4.78 is 22.8. The third-order valence-corrected chi connectivity index (χ3v) is 25.2. The first kappa shape index (κ1) is 90.4. The number of likely N-dealkylation sites (tertiary alicyclic amines) is 4. The Morgan fingerprint density at radius 3 is 0.937 bits per heavy atom. The summed E-state index contributed by atoms with van der Waals surface area (Å²) >= 11 is 0. The van der Waals surface area contributed by atoms with Crippen LogP contribution in [0.15, 0.2) is 128 Å². The van der Waals surface area contributed by atoms with Crippen LogP contribution >= 0.6 is 0 Å². The monoisotopic (exact) mass is 1710 g/mol. The molecule has 8 aliphatic rings. The maximum Gasteiger partial charge on any atom is 0.254 e. The number of nitrogens with two attached hydrogens (primary N) is 4. The van der Waals surface area contributed by atoms with Gasteiger partial charge in [-0.1, -0.05) is 72.8 Å². The molecule has 0 unspecified atom stereocenters. The Morgan fingerprint density at radius 1 is 0.357 bits per heavy atom. The van der Waals surface area contributed by atoms with Gasteiger partial charge >= 0.3 is 0 Å². The molecule has 4 aromatic heterocycles. The van der Waals surface area contributed by atoms with Crippen LogP contribution in [0.5, 0.6) is 17.2 Å². The lowest BCUT2D eigenvalue weighted by Crippen LogP contribution is -2.48. The first-order chi connectivity index (χ1) is 60.8. The molecule has 8 aromatic rings. The molecule has 4 aliphatic carbocycles. The number of hydrogen-bond donors (Lipinski definition) is 8. The maximum absolute atomic E-state index is 12.2. The van der Waals surface area contributed by atoms with Gasteiger partial charge in [-0.25, -0.2) is 26.3 Å². The molecule has 4 saturated heterocycles. The number of primary amides is 4. The van der Waals surface area contributed by atoms with E-state index >= 15 is 0 Å². The molecule has 0 bridgehead atoms. The molecule has 16 rings (SSSR count). The molecule has 660 valence electrons. The lowest BCUT2D eigenvalue weighted by atomic mass is 9.87. The van der Waals surface area contributed by atoms with E-state index in [1.54, 1.807) is 64.8 Å². The molecule has 0 atom stereocenters. The smallest absolute Gasteiger partial charge is 0.254 e. The van der Waals surface area contributed by atoms with Crippen molar-refractivity contribution in [3.8, 4) is 17.2 Å². The number of anilines is 4. The van der Waals surface area contributed by atoms with Crippen molar-refractivity contribution in [1.82, 2.24) is 58.7 Å². The summed E-state index contributed by atoms with van der Waals surface area (Å²) in [5.74, 6) is 0.161. The van der Waals surface area contributed by atoms with Crippen LogP contribution in [0.3, 0.4) is 0 Å². The van der Waals surface area contributed by atoms with E-state index in [-0.39, 0.29) is 119 Å². The molecule has 126 heavy (non-hydrogen) atoms. The van der Waals surface area contributed by atoms with Gasteiger partial charge in [0.05, 0.1) is 21.3 Å². The molecule has 0 spiro atoms. The topological polar surface area (TPSA) is 418 Å². The molecule has 35 heteroatoms. The van der Waals surface area contributed by atoms with Crippen LogP contribution in [0.25, 0.3) is 19.4 Å². The number of hydrogen-bond acceptors (Lipinski definition) is 19. The average Bonchev–Trinajstić information content (AvgIpc) is 1.59. The van der Waals surface area contributed by atoms with Crippen LogP contribution in [0.1, 0.15) is 166 Å². The summed E-state index contributed by atoms with van der Waals surface area (Å²) in [6.45, 7) is 40.5. The van der Waals surface area contributed by atoms with E-state index in [0.717, 1.165) is 166 Å². The van der Waals surface area contributed by atoms with Crippen molar-refractivity contribution in [2.24, 2.45) is 46.6 Å². The highest BCUT2D eigenvalue weighted by Gasteiger charge is 2.47. The Hall–Kier alpha value is -13.3. The Morgan fingerprint density at radius 2 is 0.643 bits per heavy atom. The second-order valence-electron chi connectivity index (χ2n) is 34.1. The van der Waals surface area contributed by atoms with Crippen molar-refractivity contribution in [3.63, 3.8) is 0 Å². The molecule has 12 N–H and O–H groups in total. The zero-order chi connectivity index (χ0) is 89.3. The maximum atomic E-state index is 12.2. The van der Waals surface area contributed by atoms with Gasteiger partial charge in [0.25, 0.3) is 23.6 Å². The highest BCUT2D eigenvalue weighted by atomic mass is 16.5. The lowest BCUT2D eigenvalue weighted by molar-refractivity contribution is -0.118. The van der Waals surface area contributed by atoms with Gasteiger partial charge in [-0.05, 0) is 150 Å². The van der Waals surface area contributed by atoms with Crippen molar-refractivity contribution in [3.05, 3.63) is 218 Å². The van der Waals surface area contributed by atoms with Gasteiger partial charge < -0.3 is 77.8 Å². The van der Waals surface area contributed by atoms with E-state index in [9.17, 15) is 38.4 Å². The number of nitrogens with one attached hydrogen (secondary N) is 4. The molecule has 4 aromatic carbocycles. The third-order valence-electron chi connectivity index (χ3n) is 25.2. The van der Waals surface area contributed by atoms with Gasteiger partial charge in [0, 0.05) is 133 Å². The Bertz CT molecular complexity index is 5410. The minimum atomic E-state index is -0.645. The van der Waals surface area contributed by atoms with Crippen LogP contribution in [-0.4, -0.2) is 206 Å². The number of benzene rings is 4. The molecule has 8 amide bonds. The number of carbonyl (C=O) groups excluding carboxylic acids is 8. The van der Waals surface area contributed by atoms with E-state index < -0.39 is 45.8 Å². The summed E-state index contributed by atoms with van der Waals surface area (Å²) in [5, 5.41) is 29.1. The largest absolute Gasteiger partial charge is 0.497 e. The molecular weight excluding hydrogens is 1610 g/mol. The van der Waals surface area contributed by atoms with Gasteiger partial charge in [0.2, 0.25) is 49.8 Å². The number of ether oxygens (including phenoxy) is 3. The first-order valence-corrected chi connectivity index (χ1v) is 42.8. The minimum Gasteiger partial charge on any atom is -0.497 e. The van der Waals surface area contributed by atoms with Crippen LogP contribution in [-0.2, 0) is 67.5 Å². The number of methoxy groups -OCH3 is 3. The standard InChI is InChI=1S/3C23H28N6O3.C22H26N6O2/c1-25-15-23(9-11-28(12-10-23)13-16-3-7-18(32-2)8-4-16)29-14-19(20(24)30)21(27-29)26-22(31)17-5-6-17;1-25-15-23(8-10-28(11-9-23)13-16-4-3-5-18(12-16)32-2)29-14-19(20(24)30)21(27-29)26-22(31)17-6-7-17;1-25-15-23(9-11-28(12-10-23)13-17-5-3-4-6-19(17)32-2)29-14-18(20(24)30)21(27-29)26-22(31)16-7-8-16;1-24-15-22(9-11-27(12-10-22)13-16-5-3-2-4-6-16)28-14-18(19(23)29)20(26-28)25-21(30)17-7-8-17/h3-4,7-8,14,17H,5-6,9-13,15H2,2H3,(H2,24,30)(H,26,27,31);3-5,12,14,17H,6-11,13,15H2,2H3,(H2,24,30)(H,26,27,31);3-6,14,16H,7-13,15H2,2H3,(H2,24,30)(H,26,27,31);2-6,14,17H,7-13,15H2,(H2,23,29)(H,25,26,30). The SMILES string of the molecule is [C-]#[N+]CC1(n2cc(C(N)=O)c(NC(=O)C3CC3)n2)CCN(Cc2ccc(OC)cc2)CC1.[C-]#[N+]CC1(n2cc(C(N)=O)c(NC(=O)C3CC3)n2)CCN(Cc2cccc(OC)c2)CC1.[C-]#[N+]CC1(n2cc(C(N)=O)c(NC(=O)C3CC3)n2)CCN(Cc2ccccc2)CC1.[C-]#[N+]CC1(n2cc(C(N)=O)c(NC(=O)C3CC3)n2)CCN(Cc2ccccc2OC)CC1. The average molecular weight is 1720 g/mol. The Labute approximate surface area is 732 Å². The fourth-order valence-electron chi connectivity index (χ4n) is 16.7. The number of nitrogens with zero attached hydrogens (tertiary/aromatic N) is 16. The van der Waals surface area contributed by atoms with Crippen molar-refractivity contribution in [2.75, 3.05) is 121 Å². The third kappa shape index (κ3) is 22.4. The lowest BCUT2D eigenvalue weighted by Gasteiger charge is -2.39. The van der Waals surface area contributed by atoms with Crippen LogP contribution < -0.4 is 58.4 Å². The summed E-state index contributed by atoms with van der Waals surface area (Å²) in [6.07, 6.45) is 18.9. The zero-order valence-electron chi connectivity index (χ0n) is 71.5. The number of piperidine rings is 4. The number of para-hydroxylation sites is 1. The van der Waals surface area contributed by atoms with Crippen molar-refractivity contribution in [1.29, 1.82) is 0 Å². The Balaban J connectivity index is 0.000000144. The Kier molecular flexibility index (Phi) is 29.1. The van der Waals surface area contributed by atoms with E-state index in [2.05, 4.69) is 117 Å². The molecule has 4 saturated carbocycles. The van der Waals surface area contributed by atoms with E-state index in [4.69, 9.17) is 63.4 Å². The molecule has 0 radical (unpaired) electrons. The van der Waals surface area contributed by atoms with Crippen molar-refractivity contribution >= 4 is 70.5 Å². The number of aromatic nitrogens is 8. The van der Waals surface area contributed by atoms with Gasteiger partial charge in [0.15, 0.2) is 23.3 Å². The summed E-state index contributed by atoms with van der Waals surface area (Å²) in [4.78, 5) is 121. The minimum absolute atomic E-state index is 0.00527. The van der Waals surface area contributed by atoms with Crippen LogP contribution in [0.4, 0.5) is 23.3 Å². The van der Waals surface area contributed by atoms with Crippen molar-refractivity contribution < 1.29 is 52.6 Å². The van der Waals surface area contributed by atoms with E-state index in [1.807, 2.05) is 66.7 Å². The van der Waals surface area contributed by atoms with Crippen molar-refractivity contribution in [2.45, 2.75) is 151 Å². The number of amides is 8. The number of carbonyl (C=O) groups is 8. The second kappa shape index (κ2) is 40.5. The highest BCUT2D eigenvalue weighted by molar-refractivity contribution is 6.05. The van der Waals surface area contributed by atoms with E-state index in [0.29, 0.717) is 38.5 Å². The molecule has 35 nitrogen and oxygen atoms in total. The fraction of sp³-hybridized carbons (Fsp3) is 0.473. The molecule has 8 heterocycles.